The zero-order valence-corrected chi connectivity index (χ0v) is 13.0. The molecule has 0 heterocycles. The fourth-order valence-corrected chi connectivity index (χ4v) is 2.44. The van der Waals surface area contributed by atoms with E-state index >= 15 is 0 Å². The van der Waals surface area contributed by atoms with Gasteiger partial charge in [0, 0.05) is 16.7 Å². The van der Waals surface area contributed by atoms with Gasteiger partial charge in [-0.1, -0.05) is 13.3 Å². The Morgan fingerprint density at radius 2 is 1.95 bits per heavy atom. The van der Waals surface area contributed by atoms with Crippen molar-refractivity contribution in [2.45, 2.75) is 37.6 Å². The number of amides is 1. The molecule has 0 aliphatic heterocycles. The third kappa shape index (κ3) is 5.79. The van der Waals surface area contributed by atoms with Crippen LogP contribution in [0.5, 0.6) is 5.75 Å². The highest BCUT2D eigenvalue weighted by Gasteiger charge is 2.10. The first kappa shape index (κ1) is 16.8. The fourth-order valence-electron chi connectivity index (χ4n) is 1.67. The first-order valence-corrected chi connectivity index (χ1v) is 8.60. The Morgan fingerprint density at radius 1 is 1.35 bits per heavy atom. The Morgan fingerprint density at radius 3 is 2.45 bits per heavy atom. The number of hydrogen-bond donors (Lipinski definition) is 1. The zero-order valence-electron chi connectivity index (χ0n) is 11.4. The van der Waals surface area contributed by atoms with Crippen molar-refractivity contribution in [1.29, 1.82) is 0 Å². The third-order valence-corrected chi connectivity index (χ3v) is 3.97. The molecule has 1 aromatic rings. The van der Waals surface area contributed by atoms with Gasteiger partial charge in [-0.25, -0.2) is 8.42 Å². The maximum atomic E-state index is 11.6. The number of halogens is 1. The van der Waals surface area contributed by atoms with Crippen LogP contribution in [0, 0.1) is 0 Å². The summed E-state index contributed by atoms with van der Waals surface area (Å²) >= 11 is 0. The highest BCUT2D eigenvalue weighted by atomic mass is 35.7. The molecule has 5 nitrogen and oxygen atoms in total. The van der Waals surface area contributed by atoms with E-state index in [-0.39, 0.29) is 23.5 Å². The van der Waals surface area contributed by atoms with E-state index < -0.39 is 9.05 Å². The smallest absolute Gasteiger partial charge is 0.261 e. The Balaban J connectivity index is 2.48. The second kappa shape index (κ2) is 7.50. The summed E-state index contributed by atoms with van der Waals surface area (Å²) in [5.74, 6) is 0.201. The molecule has 112 valence electrons. The minimum Gasteiger partial charge on any atom is -0.484 e. The Kier molecular flexibility index (Phi) is 6.29. The number of nitrogens with one attached hydrogen (secondary N) is 1. The van der Waals surface area contributed by atoms with E-state index in [9.17, 15) is 13.2 Å². The summed E-state index contributed by atoms with van der Waals surface area (Å²) in [6.45, 7) is 3.87. The maximum absolute atomic E-state index is 11.6. The van der Waals surface area contributed by atoms with E-state index in [1.165, 1.54) is 24.3 Å². The largest absolute Gasteiger partial charge is 0.484 e. The van der Waals surface area contributed by atoms with E-state index in [0.29, 0.717) is 5.75 Å². The van der Waals surface area contributed by atoms with E-state index in [4.69, 9.17) is 15.4 Å². The minimum absolute atomic E-state index is 0.00691. The summed E-state index contributed by atoms with van der Waals surface area (Å²) in [6, 6.07) is 5.68. The molecule has 0 radical (unpaired) electrons. The van der Waals surface area contributed by atoms with Crippen molar-refractivity contribution in [2.75, 3.05) is 6.61 Å². The molecular formula is C13H18ClNO4S. The number of carbonyl (C=O) groups excluding carboxylic acids is 1. The molecule has 0 fully saturated rings. The molecule has 0 bridgehead atoms. The van der Waals surface area contributed by atoms with Crippen LogP contribution in [0.2, 0.25) is 0 Å². The molecule has 1 aromatic carbocycles. The first-order chi connectivity index (χ1) is 9.32. The summed E-state index contributed by atoms with van der Waals surface area (Å²) in [6.07, 6.45) is 1.91. The monoisotopic (exact) mass is 319 g/mol. The lowest BCUT2D eigenvalue weighted by molar-refractivity contribution is -0.123. The third-order valence-electron chi connectivity index (χ3n) is 2.60. The van der Waals surface area contributed by atoms with Gasteiger partial charge in [0.15, 0.2) is 6.61 Å². The zero-order chi connectivity index (χ0) is 15.2. The van der Waals surface area contributed by atoms with Crippen LogP contribution >= 0.6 is 10.7 Å². The molecule has 0 aliphatic carbocycles. The van der Waals surface area contributed by atoms with Crippen molar-refractivity contribution in [3.8, 4) is 5.75 Å². The van der Waals surface area contributed by atoms with Crippen LogP contribution in [0.4, 0.5) is 0 Å². The van der Waals surface area contributed by atoms with Gasteiger partial charge in [-0.3, -0.25) is 4.79 Å². The summed E-state index contributed by atoms with van der Waals surface area (Å²) in [5, 5.41) is 2.81. The average molecular weight is 320 g/mol. The number of hydrogen-bond acceptors (Lipinski definition) is 4. The molecule has 0 saturated heterocycles. The standard InChI is InChI=1S/C13H18ClNO4S/c1-3-4-10(2)15-13(16)9-19-11-5-7-12(8-6-11)20(14,17)18/h5-8,10H,3-4,9H2,1-2H3,(H,15,16). The van der Waals surface area contributed by atoms with Gasteiger partial charge in [0.1, 0.15) is 5.75 Å². The molecule has 1 unspecified atom stereocenters. The summed E-state index contributed by atoms with van der Waals surface area (Å²) in [4.78, 5) is 11.6. The van der Waals surface area contributed by atoms with Crippen molar-refractivity contribution in [2.24, 2.45) is 0 Å². The molecule has 7 heteroatoms. The SMILES string of the molecule is CCCC(C)NC(=O)COc1ccc(S(=O)(=O)Cl)cc1. The van der Waals surface area contributed by atoms with Crippen molar-refractivity contribution in [3.63, 3.8) is 0 Å². The lowest BCUT2D eigenvalue weighted by Crippen LogP contribution is -2.35. The van der Waals surface area contributed by atoms with Crippen LogP contribution < -0.4 is 10.1 Å². The molecule has 0 aliphatic rings. The molecule has 20 heavy (non-hydrogen) atoms. The predicted octanol–water partition coefficient (Wildman–Crippen LogP) is 2.30. The molecule has 0 aromatic heterocycles. The number of benzene rings is 1. The second-order valence-corrected chi connectivity index (χ2v) is 7.02. The van der Waals surface area contributed by atoms with Gasteiger partial charge in [0.25, 0.3) is 15.0 Å². The van der Waals surface area contributed by atoms with Crippen molar-refractivity contribution < 1.29 is 17.9 Å². The number of rotatable bonds is 7. The van der Waals surface area contributed by atoms with Crippen LogP contribution in [0.25, 0.3) is 0 Å². The van der Waals surface area contributed by atoms with Crippen LogP contribution in [-0.2, 0) is 13.8 Å². The van der Waals surface area contributed by atoms with Crippen molar-refractivity contribution in [3.05, 3.63) is 24.3 Å². The quantitative estimate of drug-likeness (QED) is 0.783. The minimum atomic E-state index is -3.74. The Hall–Kier alpha value is -1.27. The highest BCUT2D eigenvalue weighted by Crippen LogP contribution is 2.18. The van der Waals surface area contributed by atoms with Crippen molar-refractivity contribution >= 4 is 25.6 Å². The van der Waals surface area contributed by atoms with Gasteiger partial charge in [-0.2, -0.15) is 0 Å². The normalized spacial score (nSPS) is 12.8. The first-order valence-electron chi connectivity index (χ1n) is 6.29. The number of ether oxygens (including phenoxy) is 1. The lowest BCUT2D eigenvalue weighted by atomic mass is 10.2. The van der Waals surface area contributed by atoms with Crippen LogP contribution in [0.3, 0.4) is 0 Å². The van der Waals surface area contributed by atoms with E-state index in [0.717, 1.165) is 12.8 Å². The second-order valence-electron chi connectivity index (χ2n) is 4.46. The van der Waals surface area contributed by atoms with E-state index in [1.54, 1.807) is 0 Å². The molecule has 0 saturated carbocycles. The van der Waals surface area contributed by atoms with Gasteiger partial charge in [-0.05, 0) is 37.6 Å². The van der Waals surface area contributed by atoms with Crippen molar-refractivity contribution in [1.82, 2.24) is 5.32 Å². The van der Waals surface area contributed by atoms with Gasteiger partial charge < -0.3 is 10.1 Å². The van der Waals surface area contributed by atoms with Crippen LogP contribution in [0.15, 0.2) is 29.2 Å². The van der Waals surface area contributed by atoms with Gasteiger partial charge in [0.2, 0.25) is 0 Å². The van der Waals surface area contributed by atoms with Crippen LogP contribution in [0.1, 0.15) is 26.7 Å². The summed E-state index contributed by atoms with van der Waals surface area (Å²) in [5.41, 5.74) is 0. The van der Waals surface area contributed by atoms with Gasteiger partial charge in [0.05, 0.1) is 4.90 Å². The lowest BCUT2D eigenvalue weighted by Gasteiger charge is -2.13. The van der Waals surface area contributed by atoms with Gasteiger partial charge in [-0.15, -0.1) is 0 Å². The number of carbonyl (C=O) groups is 1. The molecular weight excluding hydrogens is 302 g/mol. The predicted molar refractivity (Wildman–Crippen MR) is 77.5 cm³/mol. The van der Waals surface area contributed by atoms with E-state index in [1.807, 2.05) is 13.8 Å². The topological polar surface area (TPSA) is 72.5 Å². The highest BCUT2D eigenvalue weighted by molar-refractivity contribution is 8.13. The van der Waals surface area contributed by atoms with E-state index in [2.05, 4.69) is 5.32 Å². The molecule has 1 rings (SSSR count). The molecule has 1 amide bonds. The fraction of sp³-hybridized carbons (Fsp3) is 0.462. The summed E-state index contributed by atoms with van der Waals surface area (Å²) < 4.78 is 27.4. The maximum Gasteiger partial charge on any atom is 0.261 e. The average Bonchev–Trinajstić information content (AvgIpc) is 2.36. The molecule has 0 spiro atoms. The van der Waals surface area contributed by atoms with Gasteiger partial charge >= 0.3 is 0 Å². The molecule has 1 N–H and O–H groups in total. The Bertz CT molecular complexity index is 542. The molecule has 1 atom stereocenters. The summed E-state index contributed by atoms with van der Waals surface area (Å²) in [7, 11) is 1.46. The van der Waals surface area contributed by atoms with Crippen LogP contribution in [-0.4, -0.2) is 27.0 Å². The Labute approximate surface area is 123 Å².